The van der Waals surface area contributed by atoms with Gasteiger partial charge in [0.05, 0.1) is 6.10 Å². The van der Waals surface area contributed by atoms with Crippen LogP contribution >= 0.6 is 0 Å². The molecule has 0 aliphatic heterocycles. The SMILES string of the molecule is C[C@@H](O)CCc1ccccc1-c1ccccc1. The highest BCUT2D eigenvalue weighted by atomic mass is 16.3. The summed E-state index contributed by atoms with van der Waals surface area (Å²) in [6.45, 7) is 1.84. The first-order valence-electron chi connectivity index (χ1n) is 6.09. The van der Waals surface area contributed by atoms with Crippen molar-refractivity contribution in [1.29, 1.82) is 0 Å². The van der Waals surface area contributed by atoms with E-state index in [0.29, 0.717) is 0 Å². The summed E-state index contributed by atoms with van der Waals surface area (Å²) >= 11 is 0. The first-order valence-corrected chi connectivity index (χ1v) is 6.09. The van der Waals surface area contributed by atoms with Crippen LogP contribution in [0.3, 0.4) is 0 Å². The van der Waals surface area contributed by atoms with Gasteiger partial charge in [0.25, 0.3) is 0 Å². The Morgan fingerprint density at radius 1 is 0.941 bits per heavy atom. The Morgan fingerprint density at radius 3 is 2.29 bits per heavy atom. The average molecular weight is 226 g/mol. The maximum absolute atomic E-state index is 9.38. The maximum atomic E-state index is 9.38. The van der Waals surface area contributed by atoms with E-state index in [2.05, 4.69) is 48.5 Å². The molecule has 0 aromatic heterocycles. The zero-order chi connectivity index (χ0) is 12.1. The van der Waals surface area contributed by atoms with E-state index in [9.17, 15) is 5.11 Å². The third-order valence-electron chi connectivity index (χ3n) is 2.93. The highest BCUT2D eigenvalue weighted by Gasteiger charge is 2.05. The summed E-state index contributed by atoms with van der Waals surface area (Å²) in [5.41, 5.74) is 3.82. The van der Waals surface area contributed by atoms with Crippen molar-refractivity contribution >= 4 is 0 Å². The van der Waals surface area contributed by atoms with E-state index in [1.54, 1.807) is 0 Å². The van der Waals surface area contributed by atoms with Gasteiger partial charge in [-0.05, 0) is 36.5 Å². The van der Waals surface area contributed by atoms with E-state index in [1.807, 2.05) is 13.0 Å². The molecule has 0 saturated heterocycles. The summed E-state index contributed by atoms with van der Waals surface area (Å²) in [4.78, 5) is 0. The quantitative estimate of drug-likeness (QED) is 0.843. The Morgan fingerprint density at radius 2 is 1.59 bits per heavy atom. The van der Waals surface area contributed by atoms with Crippen LogP contribution in [0.5, 0.6) is 0 Å². The minimum Gasteiger partial charge on any atom is -0.393 e. The molecular weight excluding hydrogens is 208 g/mol. The second-order valence-electron chi connectivity index (χ2n) is 4.41. The average Bonchev–Trinajstić information content (AvgIpc) is 2.38. The summed E-state index contributed by atoms with van der Waals surface area (Å²) in [7, 11) is 0. The molecular formula is C16H18O. The smallest absolute Gasteiger partial charge is 0.0515 e. The first kappa shape index (κ1) is 11.9. The zero-order valence-corrected chi connectivity index (χ0v) is 10.1. The molecule has 0 aliphatic rings. The Hall–Kier alpha value is -1.60. The van der Waals surface area contributed by atoms with Gasteiger partial charge < -0.3 is 5.11 Å². The molecule has 0 aliphatic carbocycles. The summed E-state index contributed by atoms with van der Waals surface area (Å²) in [6, 6.07) is 18.8. The molecule has 2 aromatic rings. The molecule has 1 heteroatoms. The molecule has 17 heavy (non-hydrogen) atoms. The van der Waals surface area contributed by atoms with Crippen molar-refractivity contribution in [2.24, 2.45) is 0 Å². The number of hydrogen-bond donors (Lipinski definition) is 1. The van der Waals surface area contributed by atoms with E-state index >= 15 is 0 Å². The van der Waals surface area contributed by atoms with Crippen molar-refractivity contribution < 1.29 is 5.11 Å². The number of rotatable bonds is 4. The molecule has 1 atom stereocenters. The lowest BCUT2D eigenvalue weighted by Crippen LogP contribution is -2.02. The lowest BCUT2D eigenvalue weighted by molar-refractivity contribution is 0.185. The molecule has 88 valence electrons. The molecule has 0 bridgehead atoms. The van der Waals surface area contributed by atoms with Crippen LogP contribution in [0.1, 0.15) is 18.9 Å². The van der Waals surface area contributed by atoms with Gasteiger partial charge in [0.1, 0.15) is 0 Å². The van der Waals surface area contributed by atoms with Gasteiger partial charge in [0.2, 0.25) is 0 Å². The third kappa shape index (κ3) is 3.18. The number of aliphatic hydroxyl groups excluding tert-OH is 1. The van der Waals surface area contributed by atoms with E-state index in [4.69, 9.17) is 0 Å². The maximum Gasteiger partial charge on any atom is 0.0515 e. The third-order valence-corrected chi connectivity index (χ3v) is 2.93. The predicted molar refractivity (Wildman–Crippen MR) is 71.9 cm³/mol. The van der Waals surface area contributed by atoms with Crippen molar-refractivity contribution in [1.82, 2.24) is 0 Å². The molecule has 0 unspecified atom stereocenters. The summed E-state index contributed by atoms with van der Waals surface area (Å²) < 4.78 is 0. The molecule has 1 nitrogen and oxygen atoms in total. The normalized spacial score (nSPS) is 12.4. The lowest BCUT2D eigenvalue weighted by atomic mass is 9.96. The van der Waals surface area contributed by atoms with Crippen LogP contribution in [0.15, 0.2) is 54.6 Å². The summed E-state index contributed by atoms with van der Waals surface area (Å²) in [5.74, 6) is 0. The Balaban J connectivity index is 2.28. The van der Waals surface area contributed by atoms with Crippen LogP contribution in [0.2, 0.25) is 0 Å². The Labute approximate surface area is 103 Å². The van der Waals surface area contributed by atoms with Crippen LogP contribution < -0.4 is 0 Å². The van der Waals surface area contributed by atoms with E-state index in [0.717, 1.165) is 12.8 Å². The van der Waals surface area contributed by atoms with Crippen LogP contribution in [0.4, 0.5) is 0 Å². The first-order chi connectivity index (χ1) is 8.27. The van der Waals surface area contributed by atoms with Crippen molar-refractivity contribution in [3.05, 3.63) is 60.2 Å². The molecule has 0 spiro atoms. The largest absolute Gasteiger partial charge is 0.393 e. The van der Waals surface area contributed by atoms with E-state index < -0.39 is 0 Å². The Bertz CT molecular complexity index is 460. The van der Waals surface area contributed by atoms with Gasteiger partial charge in [-0.15, -0.1) is 0 Å². The fraction of sp³-hybridized carbons (Fsp3) is 0.250. The fourth-order valence-corrected chi connectivity index (χ4v) is 2.00. The monoisotopic (exact) mass is 226 g/mol. The molecule has 0 radical (unpaired) electrons. The standard InChI is InChI=1S/C16H18O/c1-13(17)11-12-15-9-5-6-10-16(15)14-7-3-2-4-8-14/h2-10,13,17H,11-12H2,1H3/t13-/m1/s1. The van der Waals surface area contributed by atoms with Gasteiger partial charge in [0.15, 0.2) is 0 Å². The van der Waals surface area contributed by atoms with Crippen molar-refractivity contribution in [3.63, 3.8) is 0 Å². The van der Waals surface area contributed by atoms with Gasteiger partial charge in [-0.3, -0.25) is 0 Å². The molecule has 2 rings (SSSR count). The molecule has 1 N–H and O–H groups in total. The number of aryl methyl sites for hydroxylation is 1. The summed E-state index contributed by atoms with van der Waals surface area (Å²) in [6.07, 6.45) is 1.49. The second-order valence-corrected chi connectivity index (χ2v) is 4.41. The van der Waals surface area contributed by atoms with Gasteiger partial charge in [-0.1, -0.05) is 54.6 Å². The summed E-state index contributed by atoms with van der Waals surface area (Å²) in [5, 5.41) is 9.38. The lowest BCUT2D eigenvalue weighted by Gasteiger charge is -2.10. The topological polar surface area (TPSA) is 20.2 Å². The molecule has 0 saturated carbocycles. The minimum atomic E-state index is -0.237. The van der Waals surface area contributed by atoms with Crippen molar-refractivity contribution in [3.8, 4) is 11.1 Å². The number of benzene rings is 2. The van der Waals surface area contributed by atoms with Crippen LogP contribution in [-0.2, 0) is 6.42 Å². The highest BCUT2D eigenvalue weighted by Crippen LogP contribution is 2.24. The van der Waals surface area contributed by atoms with Gasteiger partial charge >= 0.3 is 0 Å². The molecule has 0 heterocycles. The zero-order valence-electron chi connectivity index (χ0n) is 10.1. The van der Waals surface area contributed by atoms with Gasteiger partial charge in [-0.2, -0.15) is 0 Å². The van der Waals surface area contributed by atoms with Crippen molar-refractivity contribution in [2.45, 2.75) is 25.9 Å². The van der Waals surface area contributed by atoms with Crippen LogP contribution in [0.25, 0.3) is 11.1 Å². The molecule has 2 aromatic carbocycles. The predicted octanol–water partition coefficient (Wildman–Crippen LogP) is 3.67. The second kappa shape index (κ2) is 5.65. The van der Waals surface area contributed by atoms with Crippen molar-refractivity contribution in [2.75, 3.05) is 0 Å². The number of hydrogen-bond acceptors (Lipinski definition) is 1. The van der Waals surface area contributed by atoms with Gasteiger partial charge in [-0.25, -0.2) is 0 Å². The van der Waals surface area contributed by atoms with E-state index in [1.165, 1.54) is 16.7 Å². The minimum absolute atomic E-state index is 0.237. The molecule has 0 amide bonds. The van der Waals surface area contributed by atoms with E-state index in [-0.39, 0.29) is 6.10 Å². The molecule has 0 fully saturated rings. The van der Waals surface area contributed by atoms with Crippen LogP contribution in [-0.4, -0.2) is 11.2 Å². The van der Waals surface area contributed by atoms with Gasteiger partial charge in [0, 0.05) is 0 Å². The Kier molecular flexibility index (Phi) is 3.94. The fourth-order valence-electron chi connectivity index (χ4n) is 2.00. The number of aliphatic hydroxyl groups is 1. The van der Waals surface area contributed by atoms with Crippen LogP contribution in [0, 0.1) is 0 Å². The highest BCUT2D eigenvalue weighted by molar-refractivity contribution is 5.67.